The molecule has 3 heterocycles. The Morgan fingerprint density at radius 3 is 2.00 bits per heavy atom. The molecule has 5 heteroatoms. The van der Waals surface area contributed by atoms with Crippen LogP contribution in [0.1, 0.15) is 6.42 Å². The SMILES string of the molecule is C1CN2CC1C2.CS(N)(=O)=O. The van der Waals surface area contributed by atoms with E-state index in [2.05, 4.69) is 10.0 Å². The monoisotopic (exact) mass is 178 g/mol. The van der Waals surface area contributed by atoms with Gasteiger partial charge >= 0.3 is 0 Å². The van der Waals surface area contributed by atoms with Crippen LogP contribution in [0.25, 0.3) is 0 Å². The molecule has 4 nitrogen and oxygen atoms in total. The highest BCUT2D eigenvalue weighted by Crippen LogP contribution is 2.26. The second kappa shape index (κ2) is 3.08. The fourth-order valence-corrected chi connectivity index (χ4v) is 1.41. The molecule has 0 aliphatic carbocycles. The fourth-order valence-electron chi connectivity index (χ4n) is 1.41. The zero-order valence-corrected chi connectivity index (χ0v) is 7.47. The Kier molecular flexibility index (Phi) is 2.51. The van der Waals surface area contributed by atoms with Gasteiger partial charge in [0.05, 0.1) is 6.26 Å². The van der Waals surface area contributed by atoms with Crippen LogP contribution in [0.4, 0.5) is 0 Å². The topological polar surface area (TPSA) is 63.4 Å². The van der Waals surface area contributed by atoms with Gasteiger partial charge in [-0.15, -0.1) is 0 Å². The van der Waals surface area contributed by atoms with Crippen molar-refractivity contribution in [1.29, 1.82) is 0 Å². The summed E-state index contributed by atoms with van der Waals surface area (Å²) in [6, 6.07) is 0. The third kappa shape index (κ3) is 3.69. The van der Waals surface area contributed by atoms with Crippen molar-refractivity contribution in [3.8, 4) is 0 Å². The van der Waals surface area contributed by atoms with Crippen LogP contribution in [0, 0.1) is 5.92 Å². The Balaban J connectivity index is 0.000000114. The quantitative estimate of drug-likeness (QED) is 0.529. The second-order valence-corrected chi connectivity index (χ2v) is 4.90. The maximum absolute atomic E-state index is 9.41. The second-order valence-electron chi connectivity index (χ2n) is 3.24. The summed E-state index contributed by atoms with van der Waals surface area (Å²) in [5, 5.41) is 4.33. The van der Waals surface area contributed by atoms with Crippen LogP contribution in [-0.4, -0.2) is 39.2 Å². The summed E-state index contributed by atoms with van der Waals surface area (Å²) < 4.78 is 18.8. The molecule has 0 radical (unpaired) electrons. The Hall–Kier alpha value is -0.130. The Bertz CT molecular complexity index is 197. The third-order valence-electron chi connectivity index (χ3n) is 1.89. The van der Waals surface area contributed by atoms with Crippen LogP contribution in [0.5, 0.6) is 0 Å². The van der Waals surface area contributed by atoms with Gasteiger partial charge in [0, 0.05) is 13.1 Å². The number of sulfonamides is 1. The molecule has 0 saturated carbocycles. The number of fused-ring (bicyclic) bond motifs is 1. The molecule has 0 amide bonds. The molecule has 3 aliphatic heterocycles. The van der Waals surface area contributed by atoms with E-state index < -0.39 is 10.0 Å². The zero-order chi connectivity index (χ0) is 8.48. The first kappa shape index (κ1) is 8.96. The third-order valence-corrected chi connectivity index (χ3v) is 1.89. The van der Waals surface area contributed by atoms with Gasteiger partial charge in [0.2, 0.25) is 10.0 Å². The minimum absolute atomic E-state index is 0.938. The molecule has 66 valence electrons. The first-order valence-electron chi connectivity index (χ1n) is 3.65. The van der Waals surface area contributed by atoms with Crippen molar-refractivity contribution in [2.24, 2.45) is 11.1 Å². The van der Waals surface area contributed by atoms with E-state index in [0.29, 0.717) is 0 Å². The average molecular weight is 178 g/mol. The van der Waals surface area contributed by atoms with Crippen molar-refractivity contribution in [2.45, 2.75) is 6.42 Å². The minimum Gasteiger partial charge on any atom is -0.303 e. The molecule has 3 rings (SSSR count). The summed E-state index contributed by atoms with van der Waals surface area (Å²) in [6.07, 6.45) is 2.42. The van der Waals surface area contributed by atoms with Gasteiger partial charge in [-0.1, -0.05) is 0 Å². The first-order valence-corrected chi connectivity index (χ1v) is 5.61. The van der Waals surface area contributed by atoms with Crippen molar-refractivity contribution in [2.75, 3.05) is 25.9 Å². The predicted molar refractivity (Wildman–Crippen MR) is 43.6 cm³/mol. The van der Waals surface area contributed by atoms with Gasteiger partial charge in [0.1, 0.15) is 0 Å². The van der Waals surface area contributed by atoms with Gasteiger partial charge in [-0.05, 0) is 18.9 Å². The van der Waals surface area contributed by atoms with Gasteiger partial charge in [0.25, 0.3) is 0 Å². The molecule has 0 aromatic carbocycles. The van der Waals surface area contributed by atoms with Crippen LogP contribution in [0.3, 0.4) is 0 Å². The summed E-state index contributed by atoms with van der Waals surface area (Å²) in [5.41, 5.74) is 0. The first-order chi connectivity index (χ1) is 4.95. The average Bonchev–Trinajstić information content (AvgIpc) is 2.06. The van der Waals surface area contributed by atoms with Crippen molar-refractivity contribution in [1.82, 2.24) is 4.90 Å². The summed E-state index contributed by atoms with van der Waals surface area (Å²) >= 11 is 0. The molecular weight excluding hydrogens is 164 g/mol. The van der Waals surface area contributed by atoms with Gasteiger partial charge in [0.15, 0.2) is 0 Å². The van der Waals surface area contributed by atoms with Gasteiger partial charge in [-0.2, -0.15) is 0 Å². The summed E-state index contributed by atoms with van der Waals surface area (Å²) in [7, 11) is -3.17. The summed E-state index contributed by atoms with van der Waals surface area (Å²) in [4.78, 5) is 2.50. The smallest absolute Gasteiger partial charge is 0.206 e. The van der Waals surface area contributed by atoms with Gasteiger partial charge in [-0.3, -0.25) is 0 Å². The van der Waals surface area contributed by atoms with Crippen LogP contribution >= 0.6 is 0 Å². The lowest BCUT2D eigenvalue weighted by atomic mass is 10.1. The molecule has 0 unspecified atom stereocenters. The number of nitrogens with two attached hydrogens (primary N) is 1. The molecule has 2 bridgehead atoms. The molecule has 0 atom stereocenters. The lowest BCUT2D eigenvalue weighted by Gasteiger charge is -2.25. The van der Waals surface area contributed by atoms with Gasteiger partial charge in [-0.25, -0.2) is 13.6 Å². The van der Waals surface area contributed by atoms with Crippen LogP contribution < -0.4 is 5.14 Å². The molecule has 3 aliphatic rings. The number of hydrogen-bond donors (Lipinski definition) is 1. The molecule has 3 fully saturated rings. The fraction of sp³-hybridized carbons (Fsp3) is 1.00. The predicted octanol–water partition coefficient (Wildman–Crippen LogP) is -0.773. The summed E-state index contributed by atoms with van der Waals surface area (Å²) in [6.45, 7) is 4.23. The standard InChI is InChI=1S/C5H9N.CH5NO2S/c1-2-6-3-5(1)4-6;1-5(2,3)4/h5H,1-4H2;1H3,(H2,2,3,4). The molecular formula is C6H14N2O2S. The highest BCUT2D eigenvalue weighted by atomic mass is 32.2. The number of nitrogens with zero attached hydrogens (tertiary/aromatic N) is 1. The Morgan fingerprint density at radius 1 is 1.45 bits per heavy atom. The van der Waals surface area contributed by atoms with E-state index in [9.17, 15) is 8.42 Å². The zero-order valence-electron chi connectivity index (χ0n) is 6.66. The van der Waals surface area contributed by atoms with Crippen LogP contribution in [0.2, 0.25) is 0 Å². The van der Waals surface area contributed by atoms with Crippen molar-refractivity contribution >= 4 is 10.0 Å². The van der Waals surface area contributed by atoms with E-state index in [1.54, 1.807) is 0 Å². The van der Waals surface area contributed by atoms with E-state index in [-0.39, 0.29) is 0 Å². The maximum atomic E-state index is 9.41. The maximum Gasteiger partial charge on any atom is 0.206 e. The molecule has 11 heavy (non-hydrogen) atoms. The number of primary sulfonamides is 1. The van der Waals surface area contributed by atoms with Crippen molar-refractivity contribution in [3.63, 3.8) is 0 Å². The van der Waals surface area contributed by atoms with E-state index in [4.69, 9.17) is 0 Å². The lowest BCUT2D eigenvalue weighted by molar-refractivity contribution is 0.211. The largest absolute Gasteiger partial charge is 0.303 e. The molecule has 0 aromatic rings. The molecule has 2 N–H and O–H groups in total. The highest BCUT2D eigenvalue weighted by Gasteiger charge is 2.32. The van der Waals surface area contributed by atoms with Crippen LogP contribution in [-0.2, 0) is 10.0 Å². The molecule has 0 spiro atoms. The minimum atomic E-state index is -3.17. The van der Waals surface area contributed by atoms with Crippen LogP contribution in [0.15, 0.2) is 0 Å². The number of rotatable bonds is 0. The van der Waals surface area contributed by atoms with E-state index in [1.165, 1.54) is 26.1 Å². The van der Waals surface area contributed by atoms with Crippen molar-refractivity contribution in [3.05, 3.63) is 0 Å². The molecule has 0 aromatic heterocycles. The molecule has 3 saturated heterocycles. The Labute approximate surface area is 67.4 Å². The van der Waals surface area contributed by atoms with E-state index in [1.807, 2.05) is 0 Å². The summed E-state index contributed by atoms with van der Waals surface area (Å²) in [5.74, 6) is 1.12. The normalized spacial score (nSPS) is 33.6. The van der Waals surface area contributed by atoms with E-state index >= 15 is 0 Å². The van der Waals surface area contributed by atoms with E-state index in [0.717, 1.165) is 12.2 Å². The Morgan fingerprint density at radius 2 is 1.91 bits per heavy atom. The number of hydrogen-bond acceptors (Lipinski definition) is 3. The van der Waals surface area contributed by atoms with Gasteiger partial charge < -0.3 is 4.90 Å². The lowest BCUT2D eigenvalue weighted by Crippen LogP contribution is -2.35. The van der Waals surface area contributed by atoms with Crippen molar-refractivity contribution < 1.29 is 8.42 Å². The highest BCUT2D eigenvalue weighted by molar-refractivity contribution is 7.88.